The van der Waals surface area contributed by atoms with Gasteiger partial charge in [-0.15, -0.1) is 23.6 Å². The zero-order chi connectivity index (χ0) is 25.8. The molecule has 0 amide bonds. The maximum absolute atomic E-state index is 10.4. The van der Waals surface area contributed by atoms with Crippen molar-refractivity contribution in [3.05, 3.63) is 85.1 Å². The predicted octanol–water partition coefficient (Wildman–Crippen LogP) is 7.07. The van der Waals surface area contributed by atoms with Crippen LogP contribution in [0.15, 0.2) is 79.0 Å². The molecule has 38 heavy (non-hydrogen) atoms. The fraction of sp³-hybridized carbons (Fsp3) is 0.424. The first-order valence-electron chi connectivity index (χ1n) is 13.9. The Hall–Kier alpha value is -2.30. The zero-order valence-electron chi connectivity index (χ0n) is 22.3. The van der Waals surface area contributed by atoms with Gasteiger partial charge in [0, 0.05) is 43.6 Å². The average Bonchev–Trinajstić information content (AvgIpc) is 3.19. The Labute approximate surface area is 240 Å². The molecule has 2 saturated carbocycles. The fourth-order valence-electron chi connectivity index (χ4n) is 6.40. The summed E-state index contributed by atoms with van der Waals surface area (Å²) < 4.78 is 2.21. The third-order valence-electron chi connectivity index (χ3n) is 8.51. The number of hydrogen-bond donors (Lipinski definition) is 2. The molecule has 6 rings (SSSR count). The van der Waals surface area contributed by atoms with Crippen molar-refractivity contribution < 1.29 is 30.3 Å². The number of fused-ring (bicyclic) bond motifs is 2. The van der Waals surface area contributed by atoms with E-state index in [9.17, 15) is 10.2 Å². The SMILES string of the molecule is C[C@H]1CCCC2CCC[C@H](C)C(O)C2C1O.[Ir].[c-]1c(-c2ccccn2)n(-c2ccccc2)c2ccccc12. The molecule has 2 fully saturated rings. The smallest absolute Gasteiger partial charge is 0.0621 e. The maximum Gasteiger partial charge on any atom is 0.0621 e. The molecule has 2 aliphatic carbocycles. The predicted molar refractivity (Wildman–Crippen MR) is 150 cm³/mol. The van der Waals surface area contributed by atoms with Crippen molar-refractivity contribution in [2.24, 2.45) is 23.7 Å². The number of rotatable bonds is 2. The summed E-state index contributed by atoms with van der Waals surface area (Å²) in [5.74, 6) is 1.40. The van der Waals surface area contributed by atoms with Gasteiger partial charge in [0.25, 0.3) is 0 Å². The summed E-state index contributed by atoms with van der Waals surface area (Å²) in [7, 11) is 0. The molecule has 0 saturated heterocycles. The van der Waals surface area contributed by atoms with Crippen molar-refractivity contribution >= 4 is 10.9 Å². The van der Waals surface area contributed by atoms with Crippen LogP contribution < -0.4 is 0 Å². The molecule has 4 aromatic rings. The quantitative estimate of drug-likeness (QED) is 0.222. The van der Waals surface area contributed by atoms with Gasteiger partial charge in [-0.2, -0.15) is 0 Å². The van der Waals surface area contributed by atoms with Crippen molar-refractivity contribution in [3.63, 3.8) is 0 Å². The second-order valence-electron chi connectivity index (χ2n) is 11.0. The van der Waals surface area contributed by atoms with Gasteiger partial charge in [0.2, 0.25) is 0 Å². The van der Waals surface area contributed by atoms with Crippen LogP contribution in [-0.4, -0.2) is 32.0 Å². The van der Waals surface area contributed by atoms with E-state index in [4.69, 9.17) is 0 Å². The molecule has 0 spiro atoms. The van der Waals surface area contributed by atoms with Crippen LogP contribution in [0.4, 0.5) is 0 Å². The maximum atomic E-state index is 10.4. The van der Waals surface area contributed by atoms with E-state index < -0.39 is 0 Å². The summed E-state index contributed by atoms with van der Waals surface area (Å²) in [6.45, 7) is 4.27. The molecular weight excluding hydrogens is 649 g/mol. The molecule has 4 atom stereocenters. The first kappa shape index (κ1) is 28.7. The van der Waals surface area contributed by atoms with Crippen molar-refractivity contribution in [2.75, 3.05) is 0 Å². The minimum Gasteiger partial charge on any atom is -0.392 e. The van der Waals surface area contributed by atoms with Crippen molar-refractivity contribution in [1.82, 2.24) is 9.55 Å². The van der Waals surface area contributed by atoms with Crippen LogP contribution in [0.2, 0.25) is 0 Å². The van der Waals surface area contributed by atoms with E-state index in [0.717, 1.165) is 40.8 Å². The van der Waals surface area contributed by atoms with Crippen molar-refractivity contribution in [3.8, 4) is 17.1 Å². The molecule has 203 valence electrons. The summed E-state index contributed by atoms with van der Waals surface area (Å²) in [5.41, 5.74) is 4.18. The van der Waals surface area contributed by atoms with Gasteiger partial charge in [0.1, 0.15) is 0 Å². The van der Waals surface area contributed by atoms with Gasteiger partial charge in [-0.1, -0.05) is 69.2 Å². The molecule has 0 aliphatic heterocycles. The molecule has 2 heterocycles. The normalized spacial score (nSPS) is 27.2. The van der Waals surface area contributed by atoms with Gasteiger partial charge >= 0.3 is 0 Å². The number of pyridine rings is 1. The van der Waals surface area contributed by atoms with E-state index in [-0.39, 0.29) is 38.2 Å². The monoisotopic (exact) mass is 688 g/mol. The third-order valence-corrected chi connectivity index (χ3v) is 8.51. The summed E-state index contributed by atoms with van der Waals surface area (Å²) in [4.78, 5) is 4.48. The van der Waals surface area contributed by atoms with E-state index in [2.05, 4.69) is 59.8 Å². The van der Waals surface area contributed by atoms with E-state index >= 15 is 0 Å². The van der Waals surface area contributed by atoms with Gasteiger partial charge in [0.05, 0.1) is 12.2 Å². The Morgan fingerprint density at radius 2 is 1.37 bits per heavy atom. The van der Waals surface area contributed by atoms with Gasteiger partial charge in [0.15, 0.2) is 0 Å². The first-order valence-corrected chi connectivity index (χ1v) is 13.9. The fourth-order valence-corrected chi connectivity index (χ4v) is 6.40. The van der Waals surface area contributed by atoms with Crippen LogP contribution in [-0.2, 0) is 20.1 Å². The minimum absolute atomic E-state index is 0. The van der Waals surface area contributed by atoms with Crippen LogP contribution in [0.1, 0.15) is 52.4 Å². The Bertz CT molecular complexity index is 1250. The molecular formula is C33H39IrN2O2-. The Morgan fingerprint density at radius 3 is 2.00 bits per heavy atom. The van der Waals surface area contributed by atoms with Crippen LogP contribution in [0.5, 0.6) is 0 Å². The number of hydrogen-bond acceptors (Lipinski definition) is 3. The second kappa shape index (κ2) is 13.2. The second-order valence-corrected chi connectivity index (χ2v) is 11.0. The van der Waals surface area contributed by atoms with Crippen LogP contribution in [0.25, 0.3) is 28.0 Å². The molecule has 2 aromatic carbocycles. The number of aliphatic hydroxyl groups excluding tert-OH is 2. The van der Waals surface area contributed by atoms with Crippen LogP contribution >= 0.6 is 0 Å². The largest absolute Gasteiger partial charge is 0.392 e. The molecule has 1 radical (unpaired) electrons. The number of aliphatic hydroxyl groups is 2. The van der Waals surface area contributed by atoms with Gasteiger partial charge in [-0.25, -0.2) is 0 Å². The number of nitrogens with zero attached hydrogens (tertiary/aromatic N) is 2. The van der Waals surface area contributed by atoms with Gasteiger partial charge in [-0.3, -0.25) is 0 Å². The number of benzene rings is 2. The van der Waals surface area contributed by atoms with Crippen molar-refractivity contribution in [1.29, 1.82) is 0 Å². The minimum atomic E-state index is -0.289. The molecule has 2 unspecified atom stereocenters. The Morgan fingerprint density at radius 1 is 0.763 bits per heavy atom. The molecule has 5 heteroatoms. The molecule has 2 N–H and O–H groups in total. The van der Waals surface area contributed by atoms with Crippen molar-refractivity contribution in [2.45, 2.75) is 64.6 Å². The van der Waals surface area contributed by atoms with Crippen LogP contribution in [0, 0.1) is 29.7 Å². The Balaban J connectivity index is 0.000000179. The first-order chi connectivity index (χ1) is 18.0. The number of aromatic nitrogens is 2. The van der Waals surface area contributed by atoms with E-state index in [1.165, 1.54) is 25.7 Å². The summed E-state index contributed by atoms with van der Waals surface area (Å²) in [6, 6.07) is 28.1. The zero-order valence-corrected chi connectivity index (χ0v) is 24.7. The van der Waals surface area contributed by atoms with Gasteiger partial charge < -0.3 is 19.8 Å². The van der Waals surface area contributed by atoms with Crippen LogP contribution in [0.3, 0.4) is 0 Å². The average molecular weight is 688 g/mol. The summed E-state index contributed by atoms with van der Waals surface area (Å²) in [6.07, 6.45) is 8.33. The third kappa shape index (κ3) is 6.13. The van der Waals surface area contributed by atoms with E-state index in [0.29, 0.717) is 17.8 Å². The number of para-hydroxylation sites is 2. The molecule has 0 bridgehead atoms. The van der Waals surface area contributed by atoms with E-state index in [1.807, 2.05) is 48.7 Å². The molecule has 2 aliphatic rings. The summed E-state index contributed by atoms with van der Waals surface area (Å²) >= 11 is 0. The summed E-state index contributed by atoms with van der Waals surface area (Å²) in [5, 5.41) is 21.9. The van der Waals surface area contributed by atoms with E-state index in [1.54, 1.807) is 0 Å². The molecule has 2 aromatic heterocycles. The van der Waals surface area contributed by atoms with Gasteiger partial charge in [-0.05, 0) is 72.8 Å². The molecule has 4 nitrogen and oxygen atoms in total. The standard InChI is InChI=1S/C19H13N2.C14H26O2.Ir/c1-2-9-16(10-3-1)21-18-12-5-4-8-15(18)14-19(21)17-11-6-7-13-20-17;1-9-5-3-7-11-8-4-6-10(2)14(16)12(11)13(9)15;/h1-13H;9-16H,3-8H2,1-2H3;/q-1;;/t;9-,10-,11?,12?,13?,14?;/m.0./s1. The topological polar surface area (TPSA) is 58.3 Å². The Kier molecular flexibility index (Phi) is 9.95.